The number of esters is 2. The molecule has 1 aliphatic carbocycles. The summed E-state index contributed by atoms with van der Waals surface area (Å²) in [6, 6.07) is 0. The van der Waals surface area contributed by atoms with Gasteiger partial charge in [0, 0.05) is 31.1 Å². The first-order valence-electron chi connectivity index (χ1n) is 20.0. The van der Waals surface area contributed by atoms with Crippen LogP contribution in [-0.2, 0) is 23.9 Å². The molecule has 8 heteroatoms. The van der Waals surface area contributed by atoms with Crippen LogP contribution in [0.3, 0.4) is 0 Å². The van der Waals surface area contributed by atoms with E-state index in [1.807, 2.05) is 12.2 Å². The zero-order valence-corrected chi connectivity index (χ0v) is 31.2. The Balaban J connectivity index is 2.11. The maximum atomic E-state index is 12.4. The maximum Gasteiger partial charge on any atom is 0.306 e. The van der Waals surface area contributed by atoms with Gasteiger partial charge >= 0.3 is 11.9 Å². The van der Waals surface area contributed by atoms with Crippen molar-refractivity contribution in [3.8, 4) is 0 Å². The Morgan fingerprint density at radius 2 is 1.33 bits per heavy atom. The number of hydrogen-bond donors (Lipinski definition) is 3. The summed E-state index contributed by atoms with van der Waals surface area (Å²) >= 11 is 0. The first-order valence-corrected chi connectivity index (χ1v) is 20.0. The summed E-state index contributed by atoms with van der Waals surface area (Å²) < 4.78 is 10.5. The van der Waals surface area contributed by atoms with E-state index in [0.29, 0.717) is 32.1 Å². The summed E-state index contributed by atoms with van der Waals surface area (Å²) in [4.78, 5) is 36.8. The third kappa shape index (κ3) is 23.9. The van der Waals surface area contributed by atoms with E-state index in [9.17, 15) is 29.7 Å². The predicted molar refractivity (Wildman–Crippen MR) is 197 cm³/mol. The van der Waals surface area contributed by atoms with Crippen LogP contribution in [0, 0.1) is 11.8 Å². The lowest BCUT2D eigenvalue weighted by atomic mass is 9.90. The molecule has 0 aromatic heterocycles. The minimum absolute atomic E-state index is 0.000191. The topological polar surface area (TPSA) is 130 Å². The summed E-state index contributed by atoms with van der Waals surface area (Å²) in [7, 11) is 0. The fourth-order valence-electron chi connectivity index (χ4n) is 6.48. The highest BCUT2D eigenvalue weighted by atomic mass is 16.6. The third-order valence-electron chi connectivity index (χ3n) is 9.62. The van der Waals surface area contributed by atoms with Gasteiger partial charge in [0.05, 0.1) is 18.8 Å². The van der Waals surface area contributed by atoms with E-state index in [-0.39, 0.29) is 37.1 Å². The van der Waals surface area contributed by atoms with E-state index in [4.69, 9.17) is 9.47 Å². The van der Waals surface area contributed by atoms with Crippen LogP contribution >= 0.6 is 0 Å². The summed E-state index contributed by atoms with van der Waals surface area (Å²) in [5.41, 5.74) is 0. The van der Waals surface area contributed by atoms with Gasteiger partial charge in [-0.1, -0.05) is 147 Å². The molecule has 0 aromatic rings. The van der Waals surface area contributed by atoms with Gasteiger partial charge in [-0.25, -0.2) is 0 Å². The Morgan fingerprint density at radius 3 is 1.92 bits per heavy atom. The van der Waals surface area contributed by atoms with Gasteiger partial charge in [0.15, 0.2) is 6.10 Å². The van der Waals surface area contributed by atoms with Gasteiger partial charge in [0.25, 0.3) is 0 Å². The van der Waals surface area contributed by atoms with Crippen LogP contribution in [0.5, 0.6) is 0 Å². The van der Waals surface area contributed by atoms with Crippen molar-refractivity contribution in [3.63, 3.8) is 0 Å². The second kappa shape index (κ2) is 30.8. The number of Topliss-reactive ketones (excluding diaryl/α,β-unsaturated/α-hetero) is 1. The maximum absolute atomic E-state index is 12.4. The zero-order valence-electron chi connectivity index (χ0n) is 31.2. The molecule has 1 rings (SSSR count). The van der Waals surface area contributed by atoms with Gasteiger partial charge in [-0.15, -0.1) is 0 Å². The Morgan fingerprint density at radius 1 is 0.776 bits per heavy atom. The van der Waals surface area contributed by atoms with Gasteiger partial charge < -0.3 is 24.8 Å². The summed E-state index contributed by atoms with van der Waals surface area (Å²) in [5, 5.41) is 30.2. The molecule has 3 N–H and O–H groups in total. The van der Waals surface area contributed by atoms with Crippen molar-refractivity contribution in [2.45, 2.75) is 193 Å². The molecule has 0 saturated heterocycles. The highest BCUT2D eigenvalue weighted by molar-refractivity contribution is 5.86. The minimum atomic E-state index is -0.871. The molecule has 0 amide bonds. The number of allylic oxidation sites excluding steroid dienone is 3. The fourth-order valence-corrected chi connectivity index (χ4v) is 6.48. The Bertz CT molecular complexity index is 900. The first-order chi connectivity index (χ1) is 23.8. The number of carbonyl (C=O) groups is 3. The second-order valence-electron chi connectivity index (χ2n) is 14.2. The van der Waals surface area contributed by atoms with E-state index in [2.05, 4.69) is 13.8 Å². The van der Waals surface area contributed by atoms with Crippen LogP contribution in [0.15, 0.2) is 24.3 Å². The number of ether oxygens (including phenoxy) is 2. The number of hydrogen-bond acceptors (Lipinski definition) is 8. The second-order valence-corrected chi connectivity index (χ2v) is 14.2. The lowest BCUT2D eigenvalue weighted by molar-refractivity contribution is -0.161. The molecule has 49 heavy (non-hydrogen) atoms. The molecule has 0 aliphatic heterocycles. The lowest BCUT2D eigenvalue weighted by Crippen LogP contribution is -2.28. The number of aliphatic hydroxyl groups excluding tert-OH is 3. The van der Waals surface area contributed by atoms with Crippen LogP contribution in [0.1, 0.15) is 174 Å². The van der Waals surface area contributed by atoms with Crippen molar-refractivity contribution in [1.29, 1.82) is 0 Å². The van der Waals surface area contributed by atoms with Gasteiger partial charge in [-0.3, -0.25) is 14.4 Å². The van der Waals surface area contributed by atoms with Crippen LogP contribution in [-0.4, -0.2) is 64.6 Å². The first kappa shape index (κ1) is 45.0. The van der Waals surface area contributed by atoms with Crippen molar-refractivity contribution in [2.24, 2.45) is 11.8 Å². The fraction of sp³-hybridized carbons (Fsp3) is 0.829. The van der Waals surface area contributed by atoms with Gasteiger partial charge in [-0.2, -0.15) is 0 Å². The number of carbonyl (C=O) groups excluding carboxylic acids is 3. The molecule has 0 radical (unpaired) electrons. The van der Waals surface area contributed by atoms with Crippen LogP contribution in [0.25, 0.3) is 0 Å². The van der Waals surface area contributed by atoms with E-state index in [0.717, 1.165) is 38.5 Å². The molecular weight excluding hydrogens is 620 g/mol. The molecule has 0 spiro atoms. The van der Waals surface area contributed by atoms with Crippen molar-refractivity contribution in [3.05, 3.63) is 24.3 Å². The van der Waals surface area contributed by atoms with E-state index < -0.39 is 36.8 Å². The largest absolute Gasteiger partial charge is 0.462 e. The van der Waals surface area contributed by atoms with Gasteiger partial charge in [0.2, 0.25) is 0 Å². The molecule has 1 fully saturated rings. The summed E-state index contributed by atoms with van der Waals surface area (Å²) in [6.45, 7) is 3.81. The van der Waals surface area contributed by atoms with Gasteiger partial charge in [0.1, 0.15) is 12.4 Å². The molecule has 0 unspecified atom stereocenters. The highest BCUT2D eigenvalue weighted by Gasteiger charge is 2.39. The van der Waals surface area contributed by atoms with Crippen molar-refractivity contribution >= 4 is 17.7 Å². The molecule has 1 aliphatic rings. The Hall–Kier alpha value is -2.03. The Labute approximate surface area is 298 Å². The third-order valence-corrected chi connectivity index (χ3v) is 9.62. The number of aliphatic hydroxyl groups is 3. The van der Waals surface area contributed by atoms with E-state index in [1.165, 1.54) is 77.0 Å². The van der Waals surface area contributed by atoms with Crippen LogP contribution in [0.4, 0.5) is 0 Å². The minimum Gasteiger partial charge on any atom is -0.462 e. The standard InChI is InChI=1S/C41H72O8/c1-3-5-7-8-9-10-11-12-13-14-15-16-17-18-23-27-40(46)48-33-35(32-42)49-41(47)28-24-20-19-22-26-36-37(39(45)31-38(36)44)30-29-34(43)25-21-6-4-2/h19,22,29-30,34-38,42-44H,3-18,20-21,23-28,31-33H2,1-2H3/b22-19-,30-29+/t34-,35-,36+,37+,38-/m0/s1. The average Bonchev–Trinajstić information content (AvgIpc) is 3.36. The number of rotatable bonds is 32. The molecule has 284 valence electrons. The van der Waals surface area contributed by atoms with Crippen molar-refractivity contribution < 1.29 is 39.2 Å². The average molecular weight is 693 g/mol. The summed E-state index contributed by atoms with van der Waals surface area (Å²) in [5.74, 6) is -1.40. The number of ketones is 1. The lowest BCUT2D eigenvalue weighted by Gasteiger charge is -2.17. The predicted octanol–water partition coefficient (Wildman–Crippen LogP) is 8.88. The molecule has 0 heterocycles. The van der Waals surface area contributed by atoms with Crippen LogP contribution < -0.4 is 0 Å². The van der Waals surface area contributed by atoms with Crippen LogP contribution in [0.2, 0.25) is 0 Å². The molecule has 5 atom stereocenters. The van der Waals surface area contributed by atoms with Crippen molar-refractivity contribution in [1.82, 2.24) is 0 Å². The molecular formula is C41H72O8. The highest BCUT2D eigenvalue weighted by Crippen LogP contribution is 2.33. The quantitative estimate of drug-likeness (QED) is 0.0362. The molecule has 8 nitrogen and oxygen atoms in total. The smallest absolute Gasteiger partial charge is 0.306 e. The molecule has 1 saturated carbocycles. The van der Waals surface area contributed by atoms with Crippen molar-refractivity contribution in [2.75, 3.05) is 13.2 Å². The SMILES string of the molecule is CCCCCCCCCCCCCCCCCC(=O)OC[C@H](CO)OC(=O)CCC/C=C\C[C@H]1[C@@H](O)CC(=O)[C@@H]1/C=C/[C@@H](O)CCCCC. The van der Waals surface area contributed by atoms with E-state index >= 15 is 0 Å². The number of unbranched alkanes of at least 4 members (excludes halogenated alkanes) is 17. The molecule has 0 aromatic carbocycles. The normalized spacial score (nSPS) is 19.2. The van der Waals surface area contributed by atoms with Gasteiger partial charge in [-0.05, 0) is 32.1 Å². The summed E-state index contributed by atoms with van der Waals surface area (Å²) in [6.07, 6.45) is 30.3. The zero-order chi connectivity index (χ0) is 36.0. The van der Waals surface area contributed by atoms with E-state index in [1.54, 1.807) is 12.2 Å². The molecule has 0 bridgehead atoms. The monoisotopic (exact) mass is 693 g/mol. The Kier molecular flexibility index (Phi) is 28.2.